The lowest BCUT2D eigenvalue weighted by atomic mass is 10.2. The van der Waals surface area contributed by atoms with Crippen molar-refractivity contribution >= 4 is 34.6 Å². The van der Waals surface area contributed by atoms with Crippen LogP contribution in [0.25, 0.3) is 11.8 Å². The maximum Gasteiger partial charge on any atom is 0.264 e. The van der Waals surface area contributed by atoms with E-state index < -0.39 is 0 Å². The summed E-state index contributed by atoms with van der Waals surface area (Å²) in [5.41, 5.74) is 5.49. The molecule has 4 rings (SSSR count). The number of carbonyl (C=O) groups is 1. The molecular formula is C20H22N4O2S. The van der Waals surface area contributed by atoms with Crippen molar-refractivity contribution in [2.75, 3.05) is 31.2 Å². The lowest BCUT2D eigenvalue weighted by molar-refractivity contribution is -0.115. The molecule has 0 bridgehead atoms. The van der Waals surface area contributed by atoms with Gasteiger partial charge in [0.05, 0.1) is 18.1 Å². The molecule has 0 atom stereocenters. The molecule has 7 heteroatoms. The number of amidine groups is 1. The molecule has 1 amide bonds. The monoisotopic (exact) mass is 382 g/mol. The van der Waals surface area contributed by atoms with Gasteiger partial charge < -0.3 is 19.5 Å². The summed E-state index contributed by atoms with van der Waals surface area (Å²) in [5.74, 6) is -0.204. The first-order valence-corrected chi connectivity index (χ1v) is 9.76. The van der Waals surface area contributed by atoms with E-state index in [0.717, 1.165) is 60.7 Å². The van der Waals surface area contributed by atoms with Crippen LogP contribution in [0.5, 0.6) is 0 Å². The fourth-order valence-electron chi connectivity index (χ4n) is 3.55. The van der Waals surface area contributed by atoms with E-state index in [4.69, 9.17) is 10.1 Å². The van der Waals surface area contributed by atoms with Crippen LogP contribution in [-0.2, 0) is 9.53 Å². The molecule has 6 nitrogen and oxygen atoms in total. The standard InChI is InChI=1S/C20H22N4O2S/c1-13-11-15(12-18-19(25)22-20(21)27-18)14(2)24(13)17-5-3-16(4-6-17)23-7-9-26-10-8-23/h3-6,11-12H,7-10H2,1-2H3,(H2,21,22,25)/b18-12+. The molecule has 2 fully saturated rings. The van der Waals surface area contributed by atoms with Gasteiger partial charge in [-0.3, -0.25) is 10.2 Å². The van der Waals surface area contributed by atoms with Gasteiger partial charge in [0.1, 0.15) is 0 Å². The maximum absolute atomic E-state index is 11.9. The minimum absolute atomic E-state index is 0.179. The van der Waals surface area contributed by atoms with Crippen molar-refractivity contribution in [2.45, 2.75) is 13.8 Å². The van der Waals surface area contributed by atoms with Crippen LogP contribution >= 0.6 is 11.8 Å². The fraction of sp³-hybridized carbons (Fsp3) is 0.300. The molecule has 140 valence electrons. The van der Waals surface area contributed by atoms with E-state index in [-0.39, 0.29) is 11.1 Å². The summed E-state index contributed by atoms with van der Waals surface area (Å²) in [6, 6.07) is 10.6. The second-order valence-corrected chi connectivity index (χ2v) is 7.72. The number of ether oxygens (including phenoxy) is 1. The Morgan fingerprint density at radius 1 is 1.15 bits per heavy atom. The minimum Gasteiger partial charge on any atom is -0.378 e. The third-order valence-electron chi connectivity index (χ3n) is 4.90. The molecule has 0 unspecified atom stereocenters. The number of nitrogens with one attached hydrogen (secondary N) is 2. The van der Waals surface area contributed by atoms with E-state index in [1.54, 1.807) is 0 Å². The van der Waals surface area contributed by atoms with E-state index in [9.17, 15) is 4.79 Å². The molecule has 2 aliphatic rings. The molecular weight excluding hydrogens is 360 g/mol. The highest BCUT2D eigenvalue weighted by atomic mass is 32.2. The van der Waals surface area contributed by atoms with Crippen molar-refractivity contribution in [3.63, 3.8) is 0 Å². The van der Waals surface area contributed by atoms with Crippen molar-refractivity contribution in [2.24, 2.45) is 0 Å². The summed E-state index contributed by atoms with van der Waals surface area (Å²) in [6.45, 7) is 7.52. The van der Waals surface area contributed by atoms with Crippen molar-refractivity contribution in [3.05, 3.63) is 52.2 Å². The van der Waals surface area contributed by atoms with Gasteiger partial charge in [-0.15, -0.1) is 0 Å². The number of rotatable bonds is 3. The summed E-state index contributed by atoms with van der Waals surface area (Å²) in [4.78, 5) is 14.8. The van der Waals surface area contributed by atoms with Gasteiger partial charge in [-0.25, -0.2) is 0 Å². The van der Waals surface area contributed by atoms with Crippen molar-refractivity contribution in [1.82, 2.24) is 9.88 Å². The van der Waals surface area contributed by atoms with Crippen molar-refractivity contribution in [1.29, 1.82) is 5.41 Å². The van der Waals surface area contributed by atoms with Crippen LogP contribution in [0.4, 0.5) is 5.69 Å². The van der Waals surface area contributed by atoms with Gasteiger partial charge in [-0.05, 0) is 67.6 Å². The average Bonchev–Trinajstić information content (AvgIpc) is 3.13. The van der Waals surface area contributed by atoms with E-state index in [1.165, 1.54) is 5.69 Å². The second kappa shape index (κ2) is 7.25. The number of morpholine rings is 1. The molecule has 2 aromatic rings. The van der Waals surface area contributed by atoms with E-state index in [0.29, 0.717) is 4.91 Å². The van der Waals surface area contributed by atoms with Crippen LogP contribution in [0.3, 0.4) is 0 Å². The Kier molecular flexibility index (Phi) is 4.80. The Hall–Kier alpha value is -2.51. The molecule has 2 aliphatic heterocycles. The number of benzene rings is 1. The summed E-state index contributed by atoms with van der Waals surface area (Å²) < 4.78 is 7.62. The normalized spacial score (nSPS) is 19.0. The van der Waals surface area contributed by atoms with Gasteiger partial charge in [0.2, 0.25) is 0 Å². The third kappa shape index (κ3) is 3.52. The van der Waals surface area contributed by atoms with E-state index in [1.807, 2.05) is 6.08 Å². The molecule has 2 N–H and O–H groups in total. The summed E-state index contributed by atoms with van der Waals surface area (Å²) in [7, 11) is 0. The fourth-order valence-corrected chi connectivity index (χ4v) is 4.24. The van der Waals surface area contributed by atoms with Crippen LogP contribution in [0, 0.1) is 19.3 Å². The van der Waals surface area contributed by atoms with Gasteiger partial charge in [0.25, 0.3) is 5.91 Å². The van der Waals surface area contributed by atoms with Gasteiger partial charge in [-0.1, -0.05) is 0 Å². The highest BCUT2D eigenvalue weighted by Gasteiger charge is 2.23. The number of nitrogens with zero attached hydrogens (tertiary/aromatic N) is 2. The molecule has 1 aromatic carbocycles. The topological polar surface area (TPSA) is 70.4 Å². The predicted octanol–water partition coefficient (Wildman–Crippen LogP) is 3.07. The maximum atomic E-state index is 11.9. The van der Waals surface area contributed by atoms with Crippen molar-refractivity contribution < 1.29 is 9.53 Å². The summed E-state index contributed by atoms with van der Waals surface area (Å²) >= 11 is 1.16. The Bertz CT molecular complexity index is 924. The number of anilines is 1. The zero-order chi connectivity index (χ0) is 19.0. The Labute approximate surface area is 162 Å². The SMILES string of the molecule is Cc1cc(/C=C2/SC(=N)NC2=O)c(C)n1-c1ccc(N2CCOCC2)cc1. The molecule has 2 saturated heterocycles. The molecule has 0 radical (unpaired) electrons. The van der Waals surface area contributed by atoms with E-state index >= 15 is 0 Å². The van der Waals surface area contributed by atoms with Gasteiger partial charge >= 0.3 is 0 Å². The zero-order valence-corrected chi connectivity index (χ0v) is 16.2. The number of thioether (sulfide) groups is 1. The van der Waals surface area contributed by atoms with Crippen LogP contribution in [0.2, 0.25) is 0 Å². The number of aromatic nitrogens is 1. The molecule has 27 heavy (non-hydrogen) atoms. The summed E-state index contributed by atoms with van der Waals surface area (Å²) in [6.07, 6.45) is 1.86. The first-order chi connectivity index (χ1) is 13.0. The number of hydrogen-bond donors (Lipinski definition) is 2. The Morgan fingerprint density at radius 2 is 1.81 bits per heavy atom. The van der Waals surface area contributed by atoms with Crippen LogP contribution in [-0.4, -0.2) is 41.9 Å². The first-order valence-electron chi connectivity index (χ1n) is 8.94. The number of carbonyl (C=O) groups excluding carboxylic acids is 1. The van der Waals surface area contributed by atoms with Crippen LogP contribution < -0.4 is 10.2 Å². The smallest absolute Gasteiger partial charge is 0.264 e. The zero-order valence-electron chi connectivity index (χ0n) is 15.4. The van der Waals surface area contributed by atoms with Crippen LogP contribution in [0.1, 0.15) is 17.0 Å². The highest BCUT2D eigenvalue weighted by Crippen LogP contribution is 2.29. The van der Waals surface area contributed by atoms with Gasteiger partial charge in [0.15, 0.2) is 5.17 Å². The largest absolute Gasteiger partial charge is 0.378 e. The van der Waals surface area contributed by atoms with Crippen LogP contribution in [0.15, 0.2) is 35.2 Å². The summed E-state index contributed by atoms with van der Waals surface area (Å²) in [5, 5.41) is 10.3. The first kappa shape index (κ1) is 17.9. The molecule has 0 spiro atoms. The Morgan fingerprint density at radius 3 is 2.44 bits per heavy atom. The number of hydrogen-bond acceptors (Lipinski definition) is 5. The van der Waals surface area contributed by atoms with Gasteiger partial charge in [0, 0.05) is 35.9 Å². The lowest BCUT2D eigenvalue weighted by Crippen LogP contribution is -2.36. The lowest BCUT2D eigenvalue weighted by Gasteiger charge is -2.29. The Balaban J connectivity index is 1.62. The number of amides is 1. The molecule has 0 aliphatic carbocycles. The highest BCUT2D eigenvalue weighted by molar-refractivity contribution is 8.18. The third-order valence-corrected chi connectivity index (χ3v) is 5.73. The quantitative estimate of drug-likeness (QED) is 0.801. The van der Waals surface area contributed by atoms with Crippen molar-refractivity contribution in [3.8, 4) is 5.69 Å². The molecule has 0 saturated carbocycles. The second-order valence-electron chi connectivity index (χ2n) is 6.67. The van der Waals surface area contributed by atoms with E-state index in [2.05, 4.69) is 59.0 Å². The minimum atomic E-state index is -0.204. The predicted molar refractivity (Wildman–Crippen MR) is 110 cm³/mol. The average molecular weight is 382 g/mol. The molecule has 3 heterocycles. The van der Waals surface area contributed by atoms with Gasteiger partial charge in [-0.2, -0.15) is 0 Å². The number of aryl methyl sites for hydroxylation is 1. The molecule has 1 aromatic heterocycles.